The fourth-order valence-corrected chi connectivity index (χ4v) is 2.52. The Labute approximate surface area is 146 Å². The first kappa shape index (κ1) is 19.0. The largest absolute Gasteiger partial charge is 0.289 e. The summed E-state index contributed by atoms with van der Waals surface area (Å²) in [6, 6.07) is 9.20. The molecule has 0 N–H and O–H groups in total. The Morgan fingerprint density at radius 1 is 0.960 bits per heavy atom. The van der Waals surface area contributed by atoms with E-state index in [0.717, 1.165) is 18.4 Å². The summed E-state index contributed by atoms with van der Waals surface area (Å²) in [5, 5.41) is 0. The predicted molar refractivity (Wildman–Crippen MR) is 94.0 cm³/mol. The lowest BCUT2D eigenvalue weighted by molar-refractivity contribution is 0.104. The van der Waals surface area contributed by atoms with Gasteiger partial charge in [0.1, 0.15) is 0 Å². The maximum absolute atomic E-state index is 13.2. The summed E-state index contributed by atoms with van der Waals surface area (Å²) in [5.74, 6) is -4.90. The van der Waals surface area contributed by atoms with Gasteiger partial charge in [-0.1, -0.05) is 56.5 Å². The first-order valence-electron chi connectivity index (χ1n) is 8.47. The van der Waals surface area contributed by atoms with Gasteiger partial charge in [0, 0.05) is 5.56 Å². The summed E-state index contributed by atoms with van der Waals surface area (Å²) >= 11 is 0. The summed E-state index contributed by atoms with van der Waals surface area (Å²) in [6.07, 6.45) is 8.65. The minimum atomic E-state index is -1.57. The number of halogens is 3. The molecule has 0 aliphatic carbocycles. The number of hydrogen-bond acceptors (Lipinski definition) is 1. The van der Waals surface area contributed by atoms with Crippen LogP contribution in [-0.4, -0.2) is 5.78 Å². The van der Waals surface area contributed by atoms with Crippen molar-refractivity contribution in [3.63, 3.8) is 0 Å². The van der Waals surface area contributed by atoms with Gasteiger partial charge in [-0.2, -0.15) is 0 Å². The van der Waals surface area contributed by atoms with Gasteiger partial charge >= 0.3 is 0 Å². The molecule has 25 heavy (non-hydrogen) atoms. The maximum atomic E-state index is 13.2. The second-order valence-electron chi connectivity index (χ2n) is 6.00. The Kier molecular flexibility index (Phi) is 6.99. The topological polar surface area (TPSA) is 17.1 Å². The molecule has 132 valence electrons. The van der Waals surface area contributed by atoms with Gasteiger partial charge in [0.25, 0.3) is 0 Å². The lowest BCUT2D eigenvalue weighted by atomic mass is 10.0. The van der Waals surface area contributed by atoms with Crippen LogP contribution in [0.4, 0.5) is 13.2 Å². The minimum Gasteiger partial charge on any atom is -0.289 e. The Balaban J connectivity index is 1.98. The Bertz CT molecular complexity index is 725. The van der Waals surface area contributed by atoms with Gasteiger partial charge in [-0.3, -0.25) is 4.79 Å². The molecule has 1 nitrogen and oxygen atoms in total. The summed E-state index contributed by atoms with van der Waals surface area (Å²) < 4.78 is 39.2. The second-order valence-corrected chi connectivity index (χ2v) is 6.00. The molecule has 0 spiro atoms. The van der Waals surface area contributed by atoms with E-state index in [-0.39, 0.29) is 5.56 Å². The van der Waals surface area contributed by atoms with Crippen molar-refractivity contribution in [2.75, 3.05) is 0 Å². The van der Waals surface area contributed by atoms with E-state index in [0.29, 0.717) is 12.1 Å². The molecule has 0 aliphatic rings. The van der Waals surface area contributed by atoms with E-state index < -0.39 is 23.2 Å². The molecule has 0 unspecified atom stereocenters. The predicted octanol–water partition coefficient (Wildman–Crippen LogP) is 6.12. The van der Waals surface area contributed by atoms with Crippen LogP contribution in [0.2, 0.25) is 0 Å². The average Bonchev–Trinajstić information content (AvgIpc) is 2.61. The van der Waals surface area contributed by atoms with Gasteiger partial charge in [0.05, 0.1) is 0 Å². The zero-order chi connectivity index (χ0) is 18.2. The molecular weight excluding hydrogens is 325 g/mol. The summed E-state index contributed by atoms with van der Waals surface area (Å²) in [4.78, 5) is 12.0. The fraction of sp³-hybridized carbons (Fsp3) is 0.286. The molecular formula is C21H21F3O. The molecule has 2 aromatic rings. The van der Waals surface area contributed by atoms with Crippen LogP contribution in [0.3, 0.4) is 0 Å². The SMILES string of the molecule is CCCCCCc1ccc(C=CC(=O)c2cc(F)c(F)c(F)c2)cc1. The van der Waals surface area contributed by atoms with Crippen molar-refractivity contribution in [1.29, 1.82) is 0 Å². The number of hydrogen-bond donors (Lipinski definition) is 0. The Morgan fingerprint density at radius 3 is 2.20 bits per heavy atom. The quantitative estimate of drug-likeness (QED) is 0.243. The number of ketones is 1. The maximum Gasteiger partial charge on any atom is 0.194 e. The average molecular weight is 346 g/mol. The highest BCUT2D eigenvalue weighted by Gasteiger charge is 2.13. The van der Waals surface area contributed by atoms with E-state index in [2.05, 4.69) is 6.92 Å². The van der Waals surface area contributed by atoms with Gasteiger partial charge in [-0.25, -0.2) is 13.2 Å². The van der Waals surface area contributed by atoms with E-state index in [4.69, 9.17) is 0 Å². The lowest BCUT2D eigenvalue weighted by Gasteiger charge is -2.02. The van der Waals surface area contributed by atoms with Gasteiger partial charge in [0.15, 0.2) is 23.2 Å². The molecule has 0 amide bonds. The molecule has 0 bridgehead atoms. The van der Waals surface area contributed by atoms with Crippen molar-refractivity contribution in [1.82, 2.24) is 0 Å². The number of rotatable bonds is 8. The van der Waals surface area contributed by atoms with Crippen LogP contribution in [0.5, 0.6) is 0 Å². The summed E-state index contributed by atoms with van der Waals surface area (Å²) in [5.41, 5.74) is 1.83. The monoisotopic (exact) mass is 346 g/mol. The highest BCUT2D eigenvalue weighted by Crippen LogP contribution is 2.15. The Morgan fingerprint density at radius 2 is 1.60 bits per heavy atom. The summed E-state index contributed by atoms with van der Waals surface area (Å²) in [7, 11) is 0. The number of aryl methyl sites for hydroxylation is 1. The third-order valence-corrected chi connectivity index (χ3v) is 3.99. The molecule has 2 aromatic carbocycles. The van der Waals surface area contributed by atoms with Crippen molar-refractivity contribution in [3.8, 4) is 0 Å². The van der Waals surface area contributed by atoms with Crippen LogP contribution in [0.1, 0.15) is 54.1 Å². The van der Waals surface area contributed by atoms with Crippen molar-refractivity contribution in [3.05, 3.63) is 76.6 Å². The molecule has 4 heteroatoms. The molecule has 0 aromatic heterocycles. The van der Waals surface area contributed by atoms with E-state index in [1.165, 1.54) is 30.9 Å². The zero-order valence-electron chi connectivity index (χ0n) is 14.2. The standard InChI is InChI=1S/C21H21F3O/c1-2-3-4-5-6-15-7-9-16(10-8-15)11-12-20(25)17-13-18(22)21(24)19(23)14-17/h7-14H,2-6H2,1H3. The molecule has 0 fully saturated rings. The molecule has 0 saturated carbocycles. The van der Waals surface area contributed by atoms with Gasteiger partial charge in [-0.15, -0.1) is 0 Å². The second kappa shape index (κ2) is 9.21. The molecule has 0 radical (unpaired) electrons. The lowest BCUT2D eigenvalue weighted by Crippen LogP contribution is -2.00. The van der Waals surface area contributed by atoms with Crippen LogP contribution >= 0.6 is 0 Å². The summed E-state index contributed by atoms with van der Waals surface area (Å²) in [6.45, 7) is 2.18. The normalized spacial score (nSPS) is 11.2. The Hall–Kier alpha value is -2.36. The third-order valence-electron chi connectivity index (χ3n) is 3.99. The first-order chi connectivity index (χ1) is 12.0. The van der Waals surface area contributed by atoms with Gasteiger partial charge < -0.3 is 0 Å². The highest BCUT2D eigenvalue weighted by atomic mass is 19.2. The molecule has 2 rings (SSSR count). The van der Waals surface area contributed by atoms with Crippen LogP contribution in [0, 0.1) is 17.5 Å². The van der Waals surface area contributed by atoms with E-state index in [1.807, 2.05) is 24.3 Å². The molecule has 0 aliphatic heterocycles. The fourth-order valence-electron chi connectivity index (χ4n) is 2.52. The highest BCUT2D eigenvalue weighted by molar-refractivity contribution is 6.06. The van der Waals surface area contributed by atoms with Crippen molar-refractivity contribution < 1.29 is 18.0 Å². The number of carbonyl (C=O) groups excluding carboxylic acids is 1. The van der Waals surface area contributed by atoms with Crippen molar-refractivity contribution >= 4 is 11.9 Å². The van der Waals surface area contributed by atoms with Crippen molar-refractivity contribution in [2.24, 2.45) is 0 Å². The molecule has 0 heterocycles. The van der Waals surface area contributed by atoms with Crippen molar-refractivity contribution in [2.45, 2.75) is 39.0 Å². The van der Waals surface area contributed by atoms with Gasteiger partial charge in [0.2, 0.25) is 0 Å². The number of carbonyl (C=O) groups is 1. The van der Waals surface area contributed by atoms with E-state index in [1.54, 1.807) is 6.08 Å². The number of allylic oxidation sites excluding steroid dienone is 1. The molecule has 0 saturated heterocycles. The smallest absolute Gasteiger partial charge is 0.194 e. The van der Waals surface area contributed by atoms with Crippen LogP contribution in [0.15, 0.2) is 42.5 Å². The third kappa shape index (κ3) is 5.59. The number of unbranched alkanes of at least 4 members (excludes halogenated alkanes) is 3. The zero-order valence-corrected chi connectivity index (χ0v) is 14.2. The van der Waals surface area contributed by atoms with E-state index in [9.17, 15) is 18.0 Å². The first-order valence-corrected chi connectivity index (χ1v) is 8.47. The van der Waals surface area contributed by atoms with E-state index >= 15 is 0 Å². The van der Waals surface area contributed by atoms with Crippen LogP contribution < -0.4 is 0 Å². The molecule has 0 atom stereocenters. The van der Waals surface area contributed by atoms with Crippen LogP contribution in [-0.2, 0) is 6.42 Å². The van der Waals surface area contributed by atoms with Gasteiger partial charge in [-0.05, 0) is 42.2 Å². The van der Waals surface area contributed by atoms with Crippen LogP contribution in [0.25, 0.3) is 6.08 Å². The minimum absolute atomic E-state index is 0.222. The number of benzene rings is 2.